The predicted octanol–water partition coefficient (Wildman–Crippen LogP) is 3.60. The second kappa shape index (κ2) is 9.34. The molecule has 0 aliphatic heterocycles. The quantitative estimate of drug-likeness (QED) is 0.512. The van der Waals surface area contributed by atoms with Gasteiger partial charge >= 0.3 is 0 Å². The summed E-state index contributed by atoms with van der Waals surface area (Å²) >= 11 is 0. The summed E-state index contributed by atoms with van der Waals surface area (Å²) in [6, 6.07) is 16.5. The summed E-state index contributed by atoms with van der Waals surface area (Å²) in [6.07, 6.45) is 4.02. The van der Waals surface area contributed by atoms with Gasteiger partial charge < -0.3 is 10.1 Å². The molecule has 0 amide bonds. The number of nitrogens with zero attached hydrogens (tertiary/aromatic N) is 3. The summed E-state index contributed by atoms with van der Waals surface area (Å²) in [4.78, 5) is 8.80. The van der Waals surface area contributed by atoms with Crippen molar-refractivity contribution in [1.29, 1.82) is 5.26 Å². The first-order chi connectivity index (χ1) is 15.5. The Morgan fingerprint density at radius 2 is 1.94 bits per heavy atom. The van der Waals surface area contributed by atoms with Crippen molar-refractivity contribution < 1.29 is 13.2 Å². The molecule has 0 bridgehead atoms. The summed E-state index contributed by atoms with van der Waals surface area (Å²) in [5.41, 5.74) is 3.34. The van der Waals surface area contributed by atoms with Gasteiger partial charge in [0.2, 0.25) is 16.0 Å². The number of nitrogens with one attached hydrogen (secondary N) is 2. The van der Waals surface area contributed by atoms with Crippen LogP contribution in [0.3, 0.4) is 0 Å². The minimum atomic E-state index is -3.32. The molecule has 0 spiro atoms. The molecule has 1 aliphatic carbocycles. The van der Waals surface area contributed by atoms with Crippen LogP contribution in [-0.2, 0) is 15.8 Å². The molecule has 0 unspecified atom stereocenters. The van der Waals surface area contributed by atoms with Gasteiger partial charge in [-0.25, -0.2) is 23.1 Å². The minimum absolute atomic E-state index is 0.0860. The Kier molecular flexibility index (Phi) is 6.35. The van der Waals surface area contributed by atoms with Crippen LogP contribution >= 0.6 is 0 Å². The zero-order chi connectivity index (χ0) is 22.6. The van der Waals surface area contributed by atoms with Crippen LogP contribution < -0.4 is 14.8 Å². The number of aromatic nitrogens is 2. The van der Waals surface area contributed by atoms with Gasteiger partial charge in [0.15, 0.2) is 0 Å². The van der Waals surface area contributed by atoms with E-state index in [0.717, 1.165) is 11.3 Å². The third kappa shape index (κ3) is 5.60. The molecular formula is C23H23N5O3S. The van der Waals surface area contributed by atoms with Crippen molar-refractivity contribution in [2.75, 3.05) is 19.0 Å². The summed E-state index contributed by atoms with van der Waals surface area (Å²) in [7, 11) is -1.93. The monoisotopic (exact) mass is 449 g/mol. The summed E-state index contributed by atoms with van der Waals surface area (Å²) < 4.78 is 31.4. The fourth-order valence-electron chi connectivity index (χ4n) is 3.08. The van der Waals surface area contributed by atoms with E-state index in [-0.39, 0.29) is 5.75 Å². The molecule has 0 saturated heterocycles. The summed E-state index contributed by atoms with van der Waals surface area (Å²) in [6.45, 7) is 0.648. The maximum atomic E-state index is 11.7. The third-order valence-electron chi connectivity index (χ3n) is 5.10. The number of rotatable bonds is 9. The van der Waals surface area contributed by atoms with Crippen molar-refractivity contribution in [2.24, 2.45) is 5.92 Å². The van der Waals surface area contributed by atoms with Crippen LogP contribution in [0.2, 0.25) is 0 Å². The van der Waals surface area contributed by atoms with Crippen molar-refractivity contribution in [3.8, 4) is 23.1 Å². The largest absolute Gasteiger partial charge is 0.492 e. The topological polar surface area (TPSA) is 117 Å². The van der Waals surface area contributed by atoms with E-state index in [1.165, 1.54) is 19.9 Å². The van der Waals surface area contributed by atoms with Gasteiger partial charge in [-0.15, -0.1) is 0 Å². The second-order valence-electron chi connectivity index (χ2n) is 7.63. The van der Waals surface area contributed by atoms with Crippen molar-refractivity contribution in [2.45, 2.75) is 18.6 Å². The molecule has 1 saturated carbocycles. The zero-order valence-electron chi connectivity index (χ0n) is 17.6. The second-order valence-corrected chi connectivity index (χ2v) is 9.55. The molecule has 0 atom stereocenters. The van der Waals surface area contributed by atoms with E-state index in [0.29, 0.717) is 41.0 Å². The van der Waals surface area contributed by atoms with Gasteiger partial charge in [0.1, 0.15) is 11.8 Å². The van der Waals surface area contributed by atoms with Crippen LogP contribution in [0.15, 0.2) is 54.7 Å². The number of anilines is 2. The van der Waals surface area contributed by atoms with E-state index in [1.54, 1.807) is 42.6 Å². The van der Waals surface area contributed by atoms with Crippen LogP contribution in [0, 0.1) is 17.2 Å². The highest BCUT2D eigenvalue weighted by Gasteiger charge is 2.22. The normalized spacial score (nSPS) is 13.4. The molecule has 2 aromatic carbocycles. The molecular weight excluding hydrogens is 426 g/mol. The maximum absolute atomic E-state index is 11.7. The first kappa shape index (κ1) is 21.7. The summed E-state index contributed by atoms with van der Waals surface area (Å²) in [5, 5.41) is 12.6. The van der Waals surface area contributed by atoms with Gasteiger partial charge in [-0.1, -0.05) is 12.1 Å². The van der Waals surface area contributed by atoms with E-state index in [1.807, 2.05) is 12.1 Å². The molecule has 1 heterocycles. The number of hydrogen-bond acceptors (Lipinski definition) is 7. The lowest BCUT2D eigenvalue weighted by atomic mass is 10.1. The number of benzene rings is 2. The number of ether oxygens (including phenoxy) is 1. The van der Waals surface area contributed by atoms with E-state index in [4.69, 9.17) is 4.74 Å². The molecule has 32 heavy (non-hydrogen) atoms. The van der Waals surface area contributed by atoms with E-state index >= 15 is 0 Å². The standard InChI is InChI=1S/C23H23N5O3S/c1-25-32(29,30)15-17-4-7-20(8-5-17)27-23-26-11-10-21(28-23)18-6-9-22(19(12-18)13-24)31-14-16-2-3-16/h4-12,16,25H,2-3,14-15H2,1H3,(H,26,27,28). The molecule has 0 radical (unpaired) electrons. The van der Waals surface area contributed by atoms with Gasteiger partial charge in [-0.2, -0.15) is 5.26 Å². The van der Waals surface area contributed by atoms with Crippen molar-refractivity contribution in [1.82, 2.24) is 14.7 Å². The third-order valence-corrected chi connectivity index (χ3v) is 6.44. The molecule has 164 valence electrons. The Morgan fingerprint density at radius 1 is 1.16 bits per heavy atom. The highest BCUT2D eigenvalue weighted by molar-refractivity contribution is 7.88. The van der Waals surface area contributed by atoms with E-state index < -0.39 is 10.0 Å². The van der Waals surface area contributed by atoms with Crippen LogP contribution in [0.4, 0.5) is 11.6 Å². The lowest BCUT2D eigenvalue weighted by Gasteiger charge is -2.10. The highest BCUT2D eigenvalue weighted by Crippen LogP contribution is 2.31. The maximum Gasteiger partial charge on any atom is 0.227 e. The van der Waals surface area contributed by atoms with Crippen LogP contribution in [0.5, 0.6) is 5.75 Å². The molecule has 8 nitrogen and oxygen atoms in total. The van der Waals surface area contributed by atoms with Crippen molar-refractivity contribution >= 4 is 21.7 Å². The van der Waals surface area contributed by atoms with Gasteiger partial charge in [0.05, 0.1) is 23.6 Å². The Labute approximate surface area is 187 Å². The molecule has 1 aliphatic rings. The lowest BCUT2D eigenvalue weighted by Crippen LogP contribution is -2.20. The van der Waals surface area contributed by atoms with Gasteiger partial charge in [-0.3, -0.25) is 0 Å². The Hall–Kier alpha value is -3.48. The minimum Gasteiger partial charge on any atom is -0.492 e. The molecule has 9 heteroatoms. The van der Waals surface area contributed by atoms with Gasteiger partial charge in [0.25, 0.3) is 0 Å². The van der Waals surface area contributed by atoms with E-state index in [9.17, 15) is 13.7 Å². The lowest BCUT2D eigenvalue weighted by molar-refractivity contribution is 0.299. The first-order valence-electron chi connectivity index (χ1n) is 10.2. The van der Waals surface area contributed by atoms with E-state index in [2.05, 4.69) is 26.1 Å². The predicted molar refractivity (Wildman–Crippen MR) is 122 cm³/mol. The van der Waals surface area contributed by atoms with Gasteiger partial charge in [0, 0.05) is 17.4 Å². The molecule has 4 rings (SSSR count). The number of sulfonamides is 1. The van der Waals surface area contributed by atoms with Crippen molar-refractivity contribution in [3.63, 3.8) is 0 Å². The van der Waals surface area contributed by atoms with Gasteiger partial charge in [-0.05, 0) is 67.8 Å². The summed E-state index contributed by atoms with van der Waals surface area (Å²) in [5.74, 6) is 1.51. The highest BCUT2D eigenvalue weighted by atomic mass is 32.2. The smallest absolute Gasteiger partial charge is 0.227 e. The first-order valence-corrected chi connectivity index (χ1v) is 11.9. The SMILES string of the molecule is CNS(=O)(=O)Cc1ccc(Nc2nccc(-c3ccc(OCC4CC4)c(C#N)c3)n2)cc1. The van der Waals surface area contributed by atoms with Crippen LogP contribution in [-0.4, -0.2) is 32.0 Å². The fraction of sp³-hybridized carbons (Fsp3) is 0.261. The van der Waals surface area contributed by atoms with Crippen LogP contribution in [0.1, 0.15) is 24.0 Å². The average Bonchev–Trinajstić information content (AvgIpc) is 3.63. The molecule has 3 aromatic rings. The Morgan fingerprint density at radius 3 is 2.62 bits per heavy atom. The molecule has 2 N–H and O–H groups in total. The number of nitriles is 1. The fourth-order valence-corrected chi connectivity index (χ4v) is 3.86. The molecule has 1 aromatic heterocycles. The molecule has 1 fully saturated rings. The van der Waals surface area contributed by atoms with Crippen molar-refractivity contribution in [3.05, 3.63) is 65.9 Å². The number of hydrogen-bond donors (Lipinski definition) is 2. The Balaban J connectivity index is 1.48. The Bertz CT molecular complexity index is 1250. The zero-order valence-corrected chi connectivity index (χ0v) is 18.4. The van der Waals surface area contributed by atoms with Crippen LogP contribution in [0.25, 0.3) is 11.3 Å². The average molecular weight is 450 g/mol.